The number of hydrogen-bond donors (Lipinski definition) is 1. The van der Waals surface area contributed by atoms with Gasteiger partial charge in [0, 0.05) is 0 Å². The minimum atomic E-state index is -0.935. The Hall–Kier alpha value is -1.00. The maximum atomic E-state index is 13.2. The first-order valence-corrected chi connectivity index (χ1v) is 4.25. The Morgan fingerprint density at radius 2 is 2.07 bits per heavy atom. The molecule has 1 unspecified atom stereocenters. The van der Waals surface area contributed by atoms with Gasteiger partial charge >= 0.3 is 0 Å². The number of rotatable bonds is 2. The molecular formula is C9H8ClF2NO. The second kappa shape index (κ2) is 4.02. The van der Waals surface area contributed by atoms with Crippen LogP contribution in [0.5, 0.6) is 0 Å². The molecule has 1 aromatic carbocycles. The maximum Gasteiger partial charge on any atom is 0.182 e. The molecular weight excluding hydrogens is 212 g/mol. The Morgan fingerprint density at radius 3 is 2.57 bits per heavy atom. The largest absolute Gasteiger partial charge is 0.321 e. The standard InChI is InChI=1S/C9H8ClF2NO/c1-4(13)9(14)6-2-5(11)3-7(10)8(6)12/h2-4H,13H2,1H3. The van der Waals surface area contributed by atoms with Crippen molar-refractivity contribution in [3.05, 3.63) is 34.4 Å². The van der Waals surface area contributed by atoms with Crippen LogP contribution in [-0.4, -0.2) is 11.8 Å². The summed E-state index contributed by atoms with van der Waals surface area (Å²) in [6, 6.07) is 0.698. The van der Waals surface area contributed by atoms with E-state index in [0.29, 0.717) is 0 Å². The molecule has 1 atom stereocenters. The van der Waals surface area contributed by atoms with Gasteiger partial charge in [0.15, 0.2) is 11.6 Å². The lowest BCUT2D eigenvalue weighted by Gasteiger charge is -2.06. The predicted molar refractivity (Wildman–Crippen MR) is 49.3 cm³/mol. The zero-order valence-electron chi connectivity index (χ0n) is 7.35. The summed E-state index contributed by atoms with van der Waals surface area (Å²) in [5, 5.41) is -0.422. The second-order valence-electron chi connectivity index (χ2n) is 2.90. The first-order chi connectivity index (χ1) is 6.43. The fraction of sp³-hybridized carbons (Fsp3) is 0.222. The van der Waals surface area contributed by atoms with Crippen molar-refractivity contribution in [1.29, 1.82) is 0 Å². The van der Waals surface area contributed by atoms with E-state index in [-0.39, 0.29) is 0 Å². The second-order valence-corrected chi connectivity index (χ2v) is 3.31. The molecule has 0 aromatic heterocycles. The highest BCUT2D eigenvalue weighted by Crippen LogP contribution is 2.21. The summed E-state index contributed by atoms with van der Waals surface area (Å²) in [5.74, 6) is -2.38. The lowest BCUT2D eigenvalue weighted by Crippen LogP contribution is -2.27. The third-order valence-corrected chi connectivity index (χ3v) is 1.95. The molecule has 0 saturated carbocycles. The first-order valence-electron chi connectivity index (χ1n) is 3.88. The number of Topliss-reactive ketones (excluding diaryl/α,β-unsaturated/α-hetero) is 1. The van der Waals surface area contributed by atoms with E-state index in [4.69, 9.17) is 17.3 Å². The van der Waals surface area contributed by atoms with Crippen LogP contribution < -0.4 is 5.73 Å². The van der Waals surface area contributed by atoms with E-state index >= 15 is 0 Å². The molecule has 0 bridgehead atoms. The molecule has 2 N–H and O–H groups in total. The highest BCUT2D eigenvalue weighted by molar-refractivity contribution is 6.31. The molecule has 0 spiro atoms. The minimum Gasteiger partial charge on any atom is -0.321 e. The molecule has 14 heavy (non-hydrogen) atoms. The zero-order chi connectivity index (χ0) is 10.9. The topological polar surface area (TPSA) is 43.1 Å². The molecule has 0 aliphatic carbocycles. The first kappa shape index (κ1) is 11.1. The van der Waals surface area contributed by atoms with Gasteiger partial charge in [0.2, 0.25) is 0 Å². The Balaban J connectivity index is 3.27. The van der Waals surface area contributed by atoms with E-state index < -0.39 is 34.0 Å². The molecule has 0 radical (unpaired) electrons. The molecule has 0 aliphatic rings. The summed E-state index contributed by atoms with van der Waals surface area (Å²) in [6.45, 7) is 1.39. The van der Waals surface area contributed by atoms with Crippen LogP contribution in [-0.2, 0) is 0 Å². The molecule has 2 nitrogen and oxygen atoms in total. The van der Waals surface area contributed by atoms with Crippen LogP contribution in [0.2, 0.25) is 5.02 Å². The third-order valence-electron chi connectivity index (χ3n) is 1.67. The molecule has 1 aromatic rings. The lowest BCUT2D eigenvalue weighted by molar-refractivity contribution is 0.0963. The molecule has 0 amide bonds. The van der Waals surface area contributed by atoms with Crippen molar-refractivity contribution in [2.45, 2.75) is 13.0 Å². The van der Waals surface area contributed by atoms with Gasteiger partial charge in [0.05, 0.1) is 16.6 Å². The summed E-state index contributed by atoms with van der Waals surface area (Å²) >= 11 is 5.36. The Kier molecular flexibility index (Phi) is 3.18. The molecule has 0 aliphatic heterocycles. The maximum absolute atomic E-state index is 13.2. The summed E-state index contributed by atoms with van der Waals surface area (Å²) in [4.78, 5) is 11.3. The number of ketones is 1. The van der Waals surface area contributed by atoms with Crippen LogP contribution in [0.3, 0.4) is 0 Å². The van der Waals surface area contributed by atoms with Gasteiger partial charge in [0.25, 0.3) is 0 Å². The van der Waals surface area contributed by atoms with Crippen LogP contribution in [0.4, 0.5) is 8.78 Å². The van der Waals surface area contributed by atoms with Crippen LogP contribution in [0.15, 0.2) is 12.1 Å². The number of carbonyl (C=O) groups excluding carboxylic acids is 1. The molecule has 0 fully saturated rings. The SMILES string of the molecule is CC(N)C(=O)c1cc(F)cc(Cl)c1F. The molecule has 0 saturated heterocycles. The van der Waals surface area contributed by atoms with E-state index in [1.54, 1.807) is 0 Å². The quantitative estimate of drug-likeness (QED) is 0.612. The molecule has 1 rings (SSSR count). The van der Waals surface area contributed by atoms with Crippen LogP contribution in [0.1, 0.15) is 17.3 Å². The summed E-state index contributed by atoms with van der Waals surface area (Å²) in [5.41, 5.74) is 4.84. The average molecular weight is 220 g/mol. The number of carbonyl (C=O) groups is 1. The van der Waals surface area contributed by atoms with Gasteiger partial charge in [-0.3, -0.25) is 4.79 Å². The van der Waals surface area contributed by atoms with Crippen molar-refractivity contribution in [3.8, 4) is 0 Å². The van der Waals surface area contributed by atoms with Gasteiger partial charge in [0.1, 0.15) is 5.82 Å². The van der Waals surface area contributed by atoms with Crippen molar-refractivity contribution in [1.82, 2.24) is 0 Å². The minimum absolute atomic E-state index is 0.412. The van der Waals surface area contributed by atoms with Crippen molar-refractivity contribution in [2.75, 3.05) is 0 Å². The zero-order valence-corrected chi connectivity index (χ0v) is 8.11. The highest BCUT2D eigenvalue weighted by atomic mass is 35.5. The lowest BCUT2D eigenvalue weighted by atomic mass is 10.1. The monoisotopic (exact) mass is 219 g/mol. The molecule has 76 valence electrons. The predicted octanol–water partition coefficient (Wildman–Crippen LogP) is 2.15. The summed E-state index contributed by atoms with van der Waals surface area (Å²) in [7, 11) is 0. The number of hydrogen-bond acceptors (Lipinski definition) is 2. The van der Waals surface area contributed by atoms with Crippen molar-refractivity contribution < 1.29 is 13.6 Å². The Morgan fingerprint density at radius 1 is 1.50 bits per heavy atom. The van der Waals surface area contributed by atoms with Crippen LogP contribution in [0, 0.1) is 11.6 Å². The van der Waals surface area contributed by atoms with E-state index in [1.165, 1.54) is 6.92 Å². The number of nitrogens with two attached hydrogens (primary N) is 1. The summed E-state index contributed by atoms with van der Waals surface area (Å²) in [6.07, 6.45) is 0. The number of benzene rings is 1. The molecule has 0 heterocycles. The van der Waals surface area contributed by atoms with Crippen LogP contribution in [0.25, 0.3) is 0 Å². The van der Waals surface area contributed by atoms with Crippen molar-refractivity contribution >= 4 is 17.4 Å². The van der Waals surface area contributed by atoms with Gasteiger partial charge in [-0.05, 0) is 19.1 Å². The average Bonchev–Trinajstić information content (AvgIpc) is 2.09. The van der Waals surface area contributed by atoms with Crippen molar-refractivity contribution in [3.63, 3.8) is 0 Å². The van der Waals surface area contributed by atoms with E-state index in [2.05, 4.69) is 0 Å². The molecule has 5 heteroatoms. The fourth-order valence-corrected chi connectivity index (χ4v) is 1.19. The van der Waals surface area contributed by atoms with E-state index in [1.807, 2.05) is 0 Å². The van der Waals surface area contributed by atoms with E-state index in [9.17, 15) is 13.6 Å². The van der Waals surface area contributed by atoms with E-state index in [0.717, 1.165) is 12.1 Å². The van der Waals surface area contributed by atoms with Gasteiger partial charge in [-0.15, -0.1) is 0 Å². The van der Waals surface area contributed by atoms with Gasteiger partial charge < -0.3 is 5.73 Å². The van der Waals surface area contributed by atoms with Gasteiger partial charge in [-0.2, -0.15) is 0 Å². The summed E-state index contributed by atoms with van der Waals surface area (Å²) < 4.78 is 26.0. The van der Waals surface area contributed by atoms with Crippen molar-refractivity contribution in [2.24, 2.45) is 5.73 Å². The fourth-order valence-electron chi connectivity index (χ4n) is 0.981. The normalized spacial score (nSPS) is 12.6. The van der Waals surface area contributed by atoms with Gasteiger partial charge in [-0.1, -0.05) is 11.6 Å². The number of halogens is 3. The Labute approximate surface area is 84.7 Å². The smallest absolute Gasteiger partial charge is 0.182 e. The third kappa shape index (κ3) is 2.08. The van der Waals surface area contributed by atoms with Gasteiger partial charge in [-0.25, -0.2) is 8.78 Å². The Bertz CT molecular complexity index is 379. The highest BCUT2D eigenvalue weighted by Gasteiger charge is 2.18. The van der Waals surface area contributed by atoms with Crippen LogP contribution >= 0.6 is 11.6 Å².